The van der Waals surface area contributed by atoms with Crippen molar-refractivity contribution in [3.8, 4) is 0 Å². The number of pyridine rings is 2. The van der Waals surface area contributed by atoms with Crippen LogP contribution in [0.4, 0.5) is 24.7 Å². The summed E-state index contributed by atoms with van der Waals surface area (Å²) < 4.78 is 63.0. The molecule has 3 heterocycles. The minimum atomic E-state index is -4.73. The molecular formula is C20H24F3N5O4S. The third kappa shape index (κ3) is 5.25. The van der Waals surface area contributed by atoms with Crippen molar-refractivity contribution in [1.82, 2.24) is 9.97 Å². The van der Waals surface area contributed by atoms with Crippen LogP contribution in [0.15, 0.2) is 35.6 Å². The molecule has 3 atom stereocenters. The minimum absolute atomic E-state index is 0.0225. The number of anilines is 2. The van der Waals surface area contributed by atoms with E-state index in [1.54, 1.807) is 25.7 Å². The fourth-order valence-electron chi connectivity index (χ4n) is 3.64. The molecule has 1 fully saturated rings. The molecule has 2 aromatic rings. The molecule has 1 aliphatic rings. The van der Waals surface area contributed by atoms with Crippen molar-refractivity contribution in [3.05, 3.63) is 41.7 Å². The van der Waals surface area contributed by atoms with Gasteiger partial charge in [0, 0.05) is 49.1 Å². The zero-order valence-electron chi connectivity index (χ0n) is 18.1. The van der Waals surface area contributed by atoms with E-state index >= 15 is 0 Å². The summed E-state index contributed by atoms with van der Waals surface area (Å²) in [5.74, 6) is -1.40. The number of hydrogen-bond donors (Lipinski definition) is 3. The molecule has 0 aliphatic carbocycles. The van der Waals surface area contributed by atoms with Gasteiger partial charge in [0.2, 0.25) is 0 Å². The van der Waals surface area contributed by atoms with E-state index in [0.29, 0.717) is 12.3 Å². The van der Waals surface area contributed by atoms with E-state index in [1.165, 1.54) is 6.07 Å². The summed E-state index contributed by atoms with van der Waals surface area (Å²) in [7, 11) is -4.16. The average molecular weight is 488 g/mol. The van der Waals surface area contributed by atoms with Crippen LogP contribution in [-0.4, -0.2) is 48.1 Å². The van der Waals surface area contributed by atoms with Crippen molar-refractivity contribution in [2.24, 2.45) is 17.0 Å². The molecule has 2 aromatic heterocycles. The van der Waals surface area contributed by atoms with Gasteiger partial charge >= 0.3 is 6.18 Å². The van der Waals surface area contributed by atoms with Crippen LogP contribution >= 0.6 is 0 Å². The lowest BCUT2D eigenvalue weighted by atomic mass is 9.76. The first-order valence-corrected chi connectivity index (χ1v) is 11.5. The van der Waals surface area contributed by atoms with Crippen molar-refractivity contribution in [3.63, 3.8) is 0 Å². The highest BCUT2D eigenvalue weighted by atomic mass is 32.2. The maximum Gasteiger partial charge on any atom is 0.417 e. The van der Waals surface area contributed by atoms with Crippen LogP contribution in [-0.2, 0) is 16.2 Å². The molecule has 0 radical (unpaired) electrons. The van der Waals surface area contributed by atoms with Crippen LogP contribution in [0.2, 0.25) is 0 Å². The minimum Gasteiger partial charge on any atom is -0.389 e. The van der Waals surface area contributed by atoms with Gasteiger partial charge in [0.15, 0.2) is 5.03 Å². The number of halogens is 3. The van der Waals surface area contributed by atoms with E-state index in [2.05, 4.69) is 15.3 Å². The summed E-state index contributed by atoms with van der Waals surface area (Å²) in [5, 5.41) is 17.6. The fraction of sp³-hybridized carbons (Fsp3) is 0.450. The van der Waals surface area contributed by atoms with Crippen LogP contribution in [0.25, 0.3) is 0 Å². The largest absolute Gasteiger partial charge is 0.417 e. The Bertz CT molecular complexity index is 1160. The lowest BCUT2D eigenvalue weighted by Crippen LogP contribution is -2.55. The smallest absolute Gasteiger partial charge is 0.389 e. The Morgan fingerprint density at radius 3 is 2.39 bits per heavy atom. The number of piperidine rings is 1. The van der Waals surface area contributed by atoms with Crippen LogP contribution in [0.1, 0.15) is 36.7 Å². The van der Waals surface area contributed by atoms with E-state index in [9.17, 15) is 31.5 Å². The van der Waals surface area contributed by atoms with Crippen LogP contribution in [0, 0.1) is 11.8 Å². The Balaban J connectivity index is 2.01. The number of aromatic nitrogens is 2. The molecule has 4 N–H and O–H groups in total. The number of nitrogens with zero attached hydrogens (tertiary/aromatic N) is 3. The highest BCUT2D eigenvalue weighted by Gasteiger charge is 2.42. The first-order valence-electron chi connectivity index (χ1n) is 9.95. The second-order valence-corrected chi connectivity index (χ2v) is 9.92. The molecule has 1 amide bonds. The zero-order chi connectivity index (χ0) is 24.8. The number of nitrogens with one attached hydrogen (secondary N) is 1. The third-order valence-electron chi connectivity index (χ3n) is 6.01. The van der Waals surface area contributed by atoms with Crippen molar-refractivity contribution < 1.29 is 31.5 Å². The third-order valence-corrected chi connectivity index (χ3v) is 6.81. The van der Waals surface area contributed by atoms with Crippen LogP contribution in [0.5, 0.6) is 0 Å². The number of carbonyl (C=O) groups excluding carboxylic acids is 1. The summed E-state index contributed by atoms with van der Waals surface area (Å²) in [5.41, 5.74) is -2.47. The Kier molecular flexibility index (Phi) is 6.43. The molecule has 33 heavy (non-hydrogen) atoms. The number of primary sulfonamides is 1. The topological polar surface area (TPSA) is 139 Å². The quantitative estimate of drug-likeness (QED) is 0.601. The van der Waals surface area contributed by atoms with E-state index in [0.717, 1.165) is 12.3 Å². The summed E-state index contributed by atoms with van der Waals surface area (Å²) in [6.07, 6.45) is -2.99. The van der Waals surface area contributed by atoms with Gasteiger partial charge in [-0.3, -0.25) is 4.79 Å². The maximum absolute atomic E-state index is 13.3. The van der Waals surface area contributed by atoms with Gasteiger partial charge in [-0.05, 0) is 19.1 Å². The van der Waals surface area contributed by atoms with Crippen LogP contribution < -0.4 is 15.4 Å². The Morgan fingerprint density at radius 1 is 1.24 bits per heavy atom. The first kappa shape index (κ1) is 24.9. The van der Waals surface area contributed by atoms with Crippen molar-refractivity contribution in [2.75, 3.05) is 23.3 Å². The molecular weight excluding hydrogens is 463 g/mol. The van der Waals surface area contributed by atoms with Crippen molar-refractivity contribution >= 4 is 27.4 Å². The number of rotatable bonds is 4. The number of amides is 1. The molecule has 0 saturated carbocycles. The van der Waals surface area contributed by atoms with Gasteiger partial charge in [-0.25, -0.2) is 23.5 Å². The molecule has 13 heteroatoms. The average Bonchev–Trinajstić information content (AvgIpc) is 2.70. The normalized spacial score (nSPS) is 23.9. The van der Waals surface area contributed by atoms with Gasteiger partial charge in [-0.15, -0.1) is 0 Å². The summed E-state index contributed by atoms with van der Waals surface area (Å²) >= 11 is 0. The lowest BCUT2D eigenvalue weighted by Gasteiger charge is -2.46. The predicted octanol–water partition coefficient (Wildman–Crippen LogP) is 2.24. The number of aliphatic hydroxyl groups is 1. The summed E-state index contributed by atoms with van der Waals surface area (Å²) in [6.45, 7) is 5.83. The molecule has 0 spiro atoms. The molecule has 0 bridgehead atoms. The van der Waals surface area contributed by atoms with Crippen LogP contribution in [0.3, 0.4) is 0 Å². The lowest BCUT2D eigenvalue weighted by molar-refractivity contribution is -0.137. The van der Waals surface area contributed by atoms with Crippen molar-refractivity contribution in [1.29, 1.82) is 0 Å². The van der Waals surface area contributed by atoms with E-state index < -0.39 is 38.3 Å². The van der Waals surface area contributed by atoms with Gasteiger partial charge in [0.25, 0.3) is 15.9 Å². The molecule has 180 valence electrons. The summed E-state index contributed by atoms with van der Waals surface area (Å²) in [6, 6.07) is 2.97. The fourth-order valence-corrected chi connectivity index (χ4v) is 4.14. The van der Waals surface area contributed by atoms with Gasteiger partial charge in [0.1, 0.15) is 5.82 Å². The van der Waals surface area contributed by atoms with Crippen molar-refractivity contribution in [2.45, 2.75) is 37.6 Å². The second-order valence-electron chi connectivity index (χ2n) is 8.41. The van der Waals surface area contributed by atoms with E-state index in [1.807, 2.05) is 0 Å². The SMILES string of the molecule is C[C@@H]1CN(c2ncc(C(F)(F)F)cc2C(=O)Nc2ccnc(S(N)(=O)=O)c2)C[C@H](C)[C@]1(C)O. The summed E-state index contributed by atoms with van der Waals surface area (Å²) in [4.78, 5) is 22.2. The Labute approximate surface area is 188 Å². The number of carbonyl (C=O) groups is 1. The molecule has 0 aromatic carbocycles. The number of sulfonamides is 1. The first-order chi connectivity index (χ1) is 15.1. The molecule has 9 nitrogen and oxygen atoms in total. The molecule has 0 unspecified atom stereocenters. The number of nitrogens with two attached hydrogens (primary N) is 1. The number of hydrogen-bond acceptors (Lipinski definition) is 7. The van der Waals surface area contributed by atoms with Gasteiger partial charge in [-0.1, -0.05) is 13.8 Å². The van der Waals surface area contributed by atoms with Gasteiger partial charge < -0.3 is 15.3 Å². The predicted molar refractivity (Wildman–Crippen MR) is 114 cm³/mol. The Hall–Kier alpha value is -2.77. The second kappa shape index (κ2) is 8.54. The highest BCUT2D eigenvalue weighted by molar-refractivity contribution is 7.89. The zero-order valence-corrected chi connectivity index (χ0v) is 18.9. The molecule has 1 saturated heterocycles. The standard InChI is InChI=1S/C20H24F3N5O4S/c1-11-9-28(10-12(2)19(11,3)30)17-15(6-13(8-26-17)20(21,22)23)18(29)27-14-4-5-25-16(7-14)33(24,31)32/h4-8,11-12,30H,9-10H2,1-3H3,(H2,24,31,32)(H,25,27,29)/t11-,12+,19-. The van der Waals surface area contributed by atoms with E-state index in [4.69, 9.17) is 5.14 Å². The Morgan fingerprint density at radius 2 is 1.85 bits per heavy atom. The molecule has 3 rings (SSSR count). The molecule has 1 aliphatic heterocycles. The van der Waals surface area contributed by atoms with E-state index in [-0.39, 0.29) is 42.0 Å². The maximum atomic E-state index is 13.3. The number of alkyl halides is 3. The highest BCUT2D eigenvalue weighted by Crippen LogP contribution is 2.37. The van der Waals surface area contributed by atoms with Gasteiger partial charge in [-0.2, -0.15) is 13.2 Å². The monoisotopic (exact) mass is 487 g/mol. The van der Waals surface area contributed by atoms with Gasteiger partial charge in [0.05, 0.1) is 16.7 Å².